The van der Waals surface area contributed by atoms with Crippen LogP contribution in [0, 0.1) is 9.49 Å². The molecule has 3 rings (SSSR count). The van der Waals surface area contributed by atoms with Crippen LogP contribution in [0.5, 0.6) is 0 Å². The summed E-state index contributed by atoms with van der Waals surface area (Å²) in [4.78, 5) is 29.1. The van der Waals surface area contributed by atoms with Gasteiger partial charge < -0.3 is 9.84 Å². The summed E-state index contributed by atoms with van der Waals surface area (Å²) in [6.45, 7) is 1.83. The number of hydrogen-bond donors (Lipinski definition) is 1. The molecule has 0 aromatic carbocycles. The number of rotatable bonds is 6. The summed E-state index contributed by atoms with van der Waals surface area (Å²) in [6.07, 6.45) is 4.20. The molecule has 24 heavy (non-hydrogen) atoms. The summed E-state index contributed by atoms with van der Waals surface area (Å²) in [5.74, 6) is -1.32. The highest BCUT2D eigenvalue weighted by Gasteiger charge is 2.52. The number of aliphatic hydroxyl groups is 1. The van der Waals surface area contributed by atoms with Gasteiger partial charge in [-0.1, -0.05) is 11.6 Å². The molecule has 1 N–H and O–H groups in total. The Morgan fingerprint density at radius 1 is 1.54 bits per heavy atom. The van der Waals surface area contributed by atoms with Gasteiger partial charge in [0.05, 0.1) is 27.8 Å². The maximum absolute atomic E-state index is 12.7. The van der Waals surface area contributed by atoms with Gasteiger partial charge in [-0.15, -0.1) is 0 Å². The second-order valence-electron chi connectivity index (χ2n) is 5.83. The van der Waals surface area contributed by atoms with E-state index in [1.165, 1.54) is 6.20 Å². The summed E-state index contributed by atoms with van der Waals surface area (Å²) in [5, 5.41) is 11.3. The van der Waals surface area contributed by atoms with Gasteiger partial charge in [-0.2, -0.15) is 0 Å². The topological polar surface area (TPSA) is 80.9 Å². The number of pyridine rings is 1. The van der Waals surface area contributed by atoms with Gasteiger partial charge in [0.15, 0.2) is 17.0 Å². The normalized spacial score (nSPS) is 16.8. The number of esters is 1. The minimum Gasteiger partial charge on any atom is -0.464 e. The second-order valence-corrected chi connectivity index (χ2v) is 7.32. The van der Waals surface area contributed by atoms with Gasteiger partial charge in [0.25, 0.3) is 0 Å². The molecule has 1 aliphatic carbocycles. The van der Waals surface area contributed by atoms with E-state index in [-0.39, 0.29) is 24.7 Å². The molecule has 1 fully saturated rings. The van der Waals surface area contributed by atoms with Gasteiger partial charge >= 0.3 is 5.97 Å². The number of hydrogen-bond acceptors (Lipinski definition) is 5. The molecule has 0 radical (unpaired) electrons. The summed E-state index contributed by atoms with van der Waals surface area (Å²) < 4.78 is 7.32. The Balaban J connectivity index is 1.91. The van der Waals surface area contributed by atoms with Crippen LogP contribution in [0.3, 0.4) is 0 Å². The molecule has 1 saturated carbocycles. The minimum absolute atomic E-state index is 0.161. The summed E-state index contributed by atoms with van der Waals surface area (Å²) in [5.41, 5.74) is -0.892. The number of aromatic nitrogens is 2. The summed E-state index contributed by atoms with van der Waals surface area (Å²) in [7, 11) is 0. The van der Waals surface area contributed by atoms with Crippen LogP contribution < -0.4 is 0 Å². The van der Waals surface area contributed by atoms with Crippen molar-refractivity contribution in [3.05, 3.63) is 32.7 Å². The number of carbonyl (C=O) groups excluding carboxylic acids is 2. The first-order valence-electron chi connectivity index (χ1n) is 7.62. The monoisotopic (exact) mass is 462 g/mol. The Labute approximate surface area is 157 Å². The first kappa shape index (κ1) is 17.6. The van der Waals surface area contributed by atoms with Crippen molar-refractivity contribution in [2.75, 3.05) is 6.61 Å². The Hall–Kier alpha value is -1.19. The van der Waals surface area contributed by atoms with Crippen LogP contribution in [-0.4, -0.2) is 38.5 Å². The van der Waals surface area contributed by atoms with Crippen molar-refractivity contribution >= 4 is 51.6 Å². The fraction of sp³-hybridized carbons (Fsp3) is 0.438. The number of fused-ring (bicyclic) bond motifs is 1. The lowest BCUT2D eigenvalue weighted by atomic mass is 9.90. The van der Waals surface area contributed by atoms with Crippen LogP contribution in [-0.2, 0) is 9.53 Å². The molecular weight excluding hydrogens is 447 g/mol. The van der Waals surface area contributed by atoms with E-state index < -0.39 is 11.6 Å². The highest BCUT2D eigenvalue weighted by molar-refractivity contribution is 14.1. The first-order chi connectivity index (χ1) is 11.4. The van der Waals surface area contributed by atoms with E-state index >= 15 is 0 Å². The SMILES string of the molecule is CCOC(=O)C(O)(CC(=O)c1cnc2c(I)c(Cl)ccn12)C1CC1. The molecule has 2 heterocycles. The Morgan fingerprint density at radius 3 is 2.88 bits per heavy atom. The van der Waals surface area contributed by atoms with Crippen LogP contribution in [0.25, 0.3) is 5.65 Å². The maximum atomic E-state index is 12.7. The molecule has 1 unspecified atom stereocenters. The Morgan fingerprint density at radius 2 is 2.25 bits per heavy atom. The van der Waals surface area contributed by atoms with E-state index in [2.05, 4.69) is 27.6 Å². The lowest BCUT2D eigenvalue weighted by Crippen LogP contribution is -2.44. The summed E-state index contributed by atoms with van der Waals surface area (Å²) in [6, 6.07) is 1.67. The van der Waals surface area contributed by atoms with Crippen molar-refractivity contribution in [3.63, 3.8) is 0 Å². The number of ether oxygens (including phenoxy) is 1. The highest BCUT2D eigenvalue weighted by atomic mass is 127. The standard InChI is InChI=1S/C16H16ClIN2O4/c1-2-24-15(22)16(23,9-3-4-9)7-12(21)11-8-19-14-13(18)10(17)5-6-20(11)14/h5-6,8-9,23H,2-4,7H2,1H3. The predicted octanol–water partition coefficient (Wildman–Crippen LogP) is 2.87. The zero-order chi connectivity index (χ0) is 17.5. The van der Waals surface area contributed by atoms with Crippen LogP contribution in [0.2, 0.25) is 5.02 Å². The van der Waals surface area contributed by atoms with Crippen molar-refractivity contribution in [2.45, 2.75) is 31.8 Å². The third kappa shape index (κ3) is 3.04. The van der Waals surface area contributed by atoms with Crippen LogP contribution in [0.1, 0.15) is 36.7 Å². The number of ketones is 1. The van der Waals surface area contributed by atoms with E-state index in [9.17, 15) is 14.7 Å². The fourth-order valence-electron chi connectivity index (χ4n) is 2.74. The van der Waals surface area contributed by atoms with Crippen LogP contribution >= 0.6 is 34.2 Å². The molecule has 6 nitrogen and oxygen atoms in total. The zero-order valence-corrected chi connectivity index (χ0v) is 15.9. The molecule has 128 valence electrons. The fourth-order valence-corrected chi connectivity index (χ4v) is 3.46. The van der Waals surface area contributed by atoms with Gasteiger partial charge in [0.2, 0.25) is 0 Å². The quantitative estimate of drug-likeness (QED) is 0.406. The lowest BCUT2D eigenvalue weighted by Gasteiger charge is -2.24. The predicted molar refractivity (Wildman–Crippen MR) is 96.2 cm³/mol. The van der Waals surface area contributed by atoms with Gasteiger partial charge in [-0.25, -0.2) is 9.78 Å². The third-order valence-corrected chi connectivity index (χ3v) is 5.87. The molecule has 1 aliphatic rings. The highest BCUT2D eigenvalue weighted by Crippen LogP contribution is 2.43. The molecule has 0 saturated heterocycles. The van der Waals surface area contributed by atoms with Crippen molar-refractivity contribution in [3.8, 4) is 0 Å². The van der Waals surface area contributed by atoms with Crippen molar-refractivity contribution in [2.24, 2.45) is 5.92 Å². The molecule has 0 spiro atoms. The van der Waals surface area contributed by atoms with Gasteiger partial charge in [0, 0.05) is 6.20 Å². The number of carbonyl (C=O) groups is 2. The van der Waals surface area contributed by atoms with E-state index in [4.69, 9.17) is 16.3 Å². The smallest absolute Gasteiger partial charge is 0.338 e. The van der Waals surface area contributed by atoms with Gasteiger partial charge in [-0.3, -0.25) is 9.20 Å². The van der Waals surface area contributed by atoms with E-state index in [1.807, 2.05) is 0 Å². The number of halogens is 2. The second kappa shape index (κ2) is 6.61. The van der Waals surface area contributed by atoms with Crippen LogP contribution in [0.4, 0.5) is 0 Å². The maximum Gasteiger partial charge on any atom is 0.338 e. The van der Waals surface area contributed by atoms with Gasteiger partial charge in [-0.05, 0) is 54.3 Å². The first-order valence-corrected chi connectivity index (χ1v) is 9.08. The van der Waals surface area contributed by atoms with Gasteiger partial charge in [0.1, 0.15) is 5.69 Å². The van der Waals surface area contributed by atoms with Crippen molar-refractivity contribution in [1.29, 1.82) is 0 Å². The molecule has 0 bridgehead atoms. The average molecular weight is 463 g/mol. The minimum atomic E-state index is -1.77. The Bertz CT molecular complexity index is 818. The van der Waals surface area contributed by atoms with E-state index in [0.29, 0.717) is 29.2 Å². The zero-order valence-electron chi connectivity index (χ0n) is 13.0. The number of Topliss-reactive ketones (excluding diaryl/α,β-unsaturated/α-hetero) is 1. The molecule has 0 amide bonds. The molecular formula is C16H16ClIN2O4. The van der Waals surface area contributed by atoms with Crippen LogP contribution in [0.15, 0.2) is 18.5 Å². The summed E-state index contributed by atoms with van der Waals surface area (Å²) >= 11 is 8.12. The molecule has 8 heteroatoms. The van der Waals surface area contributed by atoms with E-state index in [1.54, 1.807) is 23.6 Å². The molecule has 1 atom stereocenters. The lowest BCUT2D eigenvalue weighted by molar-refractivity contribution is -0.167. The Kier molecular flexibility index (Phi) is 4.85. The van der Waals surface area contributed by atoms with E-state index in [0.717, 1.165) is 3.57 Å². The third-order valence-electron chi connectivity index (χ3n) is 4.17. The average Bonchev–Trinajstić information content (AvgIpc) is 3.31. The molecule has 2 aromatic heterocycles. The largest absolute Gasteiger partial charge is 0.464 e. The van der Waals surface area contributed by atoms with Crippen molar-refractivity contribution < 1.29 is 19.4 Å². The van der Waals surface area contributed by atoms with Crippen molar-refractivity contribution in [1.82, 2.24) is 9.38 Å². The number of nitrogens with zero attached hydrogens (tertiary/aromatic N) is 2. The number of imidazole rings is 1. The molecule has 2 aromatic rings. The molecule has 0 aliphatic heterocycles.